The number of hydrogen-bond donors (Lipinski definition) is 2. The van der Waals surface area contributed by atoms with E-state index < -0.39 is 0 Å². The summed E-state index contributed by atoms with van der Waals surface area (Å²) < 4.78 is 0. The second kappa shape index (κ2) is 7.54. The molecule has 0 aliphatic carbocycles. The molecule has 0 spiro atoms. The third kappa shape index (κ3) is 4.43. The Bertz CT molecular complexity index is 427. The number of aromatic nitrogens is 3. The largest absolute Gasteiger partial charge is 0.343 e. The molecule has 0 amide bonds. The first-order chi connectivity index (χ1) is 8.80. The van der Waals surface area contributed by atoms with Gasteiger partial charge in [-0.25, -0.2) is 0 Å². The smallest absolute Gasteiger partial charge is 0.228 e. The summed E-state index contributed by atoms with van der Waals surface area (Å²) in [6, 6.07) is 0. The number of rotatable bonds is 6. The average molecular weight is 239 g/mol. The molecule has 5 heteroatoms. The van der Waals surface area contributed by atoms with Gasteiger partial charge in [-0.05, 0) is 0 Å². The summed E-state index contributed by atoms with van der Waals surface area (Å²) in [5.74, 6) is 8.85. The van der Waals surface area contributed by atoms with Crippen LogP contribution in [-0.4, -0.2) is 28.0 Å². The minimum Gasteiger partial charge on any atom is -0.343 e. The van der Waals surface area contributed by atoms with Crippen molar-refractivity contribution in [2.75, 3.05) is 23.7 Å². The summed E-state index contributed by atoms with van der Waals surface area (Å²) in [4.78, 5) is 12.5. The van der Waals surface area contributed by atoms with Gasteiger partial charge in [-0.2, -0.15) is 15.0 Å². The average Bonchev–Trinajstić information content (AvgIpc) is 2.40. The molecule has 0 saturated heterocycles. The Morgan fingerprint density at radius 2 is 1.39 bits per heavy atom. The molecule has 0 fully saturated rings. The Labute approximate surface area is 107 Å². The Morgan fingerprint density at radius 3 is 1.83 bits per heavy atom. The van der Waals surface area contributed by atoms with Gasteiger partial charge in [0.25, 0.3) is 0 Å². The van der Waals surface area contributed by atoms with Crippen molar-refractivity contribution >= 4 is 11.9 Å². The van der Waals surface area contributed by atoms with Gasteiger partial charge < -0.3 is 10.6 Å². The topological polar surface area (TPSA) is 62.7 Å². The molecule has 1 heterocycles. The number of nitrogens with one attached hydrogen (secondary N) is 2. The second-order valence-electron chi connectivity index (χ2n) is 3.22. The van der Waals surface area contributed by atoms with Crippen molar-refractivity contribution in [2.45, 2.75) is 12.8 Å². The van der Waals surface area contributed by atoms with Crippen molar-refractivity contribution in [2.24, 2.45) is 0 Å². The lowest BCUT2D eigenvalue weighted by Crippen LogP contribution is -2.11. The van der Waals surface area contributed by atoms with Crippen LogP contribution in [0.25, 0.3) is 0 Å². The summed E-state index contributed by atoms with van der Waals surface area (Å²) >= 11 is 0. The van der Waals surface area contributed by atoms with Crippen LogP contribution in [0.4, 0.5) is 11.9 Å². The monoisotopic (exact) mass is 239 g/mol. The van der Waals surface area contributed by atoms with Crippen molar-refractivity contribution < 1.29 is 0 Å². The maximum Gasteiger partial charge on any atom is 0.228 e. The van der Waals surface area contributed by atoms with E-state index in [1.54, 1.807) is 0 Å². The first kappa shape index (κ1) is 13.4. The molecule has 0 aromatic carbocycles. The Kier molecular flexibility index (Phi) is 5.60. The summed E-state index contributed by atoms with van der Waals surface area (Å²) in [7, 11) is 0. The van der Waals surface area contributed by atoms with Crippen LogP contribution in [0.15, 0.2) is 0 Å². The van der Waals surface area contributed by atoms with E-state index in [0.717, 1.165) is 0 Å². The fourth-order valence-corrected chi connectivity index (χ4v) is 1.13. The predicted molar refractivity (Wildman–Crippen MR) is 71.6 cm³/mol. The number of terminal acetylenes is 3. The van der Waals surface area contributed by atoms with E-state index in [9.17, 15) is 0 Å². The molecule has 1 aromatic heterocycles. The van der Waals surface area contributed by atoms with Crippen molar-refractivity contribution in [3.8, 4) is 37.0 Å². The van der Waals surface area contributed by atoms with Gasteiger partial charge in [0.1, 0.15) is 5.82 Å². The normalized spacial score (nSPS) is 8.72. The first-order valence-corrected chi connectivity index (χ1v) is 5.33. The van der Waals surface area contributed by atoms with Gasteiger partial charge in [0.15, 0.2) is 0 Å². The molecule has 5 nitrogen and oxygen atoms in total. The quantitative estimate of drug-likeness (QED) is 0.709. The van der Waals surface area contributed by atoms with E-state index in [0.29, 0.717) is 43.7 Å². The summed E-state index contributed by atoms with van der Waals surface area (Å²) in [5, 5.41) is 5.77. The van der Waals surface area contributed by atoms with Gasteiger partial charge in [-0.15, -0.1) is 25.2 Å². The molecule has 0 saturated carbocycles. The molecule has 90 valence electrons. The summed E-state index contributed by atoms with van der Waals surface area (Å²) in [5.41, 5.74) is 0. The van der Waals surface area contributed by atoms with E-state index in [-0.39, 0.29) is 0 Å². The van der Waals surface area contributed by atoms with Gasteiger partial charge in [0.2, 0.25) is 11.9 Å². The van der Waals surface area contributed by atoms with Gasteiger partial charge in [-0.3, -0.25) is 0 Å². The summed E-state index contributed by atoms with van der Waals surface area (Å²) in [6.07, 6.45) is 16.7. The Balaban J connectivity index is 2.86. The number of hydrogen-bond acceptors (Lipinski definition) is 5. The van der Waals surface area contributed by atoms with Crippen LogP contribution in [0.2, 0.25) is 0 Å². The van der Waals surface area contributed by atoms with Gasteiger partial charge in [0.05, 0.1) is 13.1 Å². The molecule has 1 rings (SSSR count). The zero-order chi connectivity index (χ0) is 13.2. The van der Waals surface area contributed by atoms with Gasteiger partial charge >= 0.3 is 0 Å². The third-order valence-electron chi connectivity index (χ3n) is 1.87. The summed E-state index contributed by atoms with van der Waals surface area (Å²) in [6.45, 7) is 0.681. The molecule has 0 atom stereocenters. The highest BCUT2D eigenvalue weighted by Gasteiger charge is 2.05. The third-order valence-corrected chi connectivity index (χ3v) is 1.87. The van der Waals surface area contributed by atoms with Crippen LogP contribution in [0, 0.1) is 37.0 Å². The number of aryl methyl sites for hydroxylation is 1. The first-order valence-electron chi connectivity index (χ1n) is 5.33. The minimum atomic E-state index is 0.340. The SMILES string of the molecule is C#CCCc1nc(NCC#C)nc(NCC#C)n1. The van der Waals surface area contributed by atoms with E-state index in [2.05, 4.69) is 43.3 Å². The van der Waals surface area contributed by atoms with Crippen LogP contribution < -0.4 is 10.6 Å². The maximum atomic E-state index is 5.21. The lowest BCUT2D eigenvalue weighted by molar-refractivity contribution is 0.865. The number of anilines is 2. The van der Waals surface area contributed by atoms with Crippen LogP contribution >= 0.6 is 0 Å². The van der Waals surface area contributed by atoms with Gasteiger partial charge in [0, 0.05) is 12.8 Å². The van der Waals surface area contributed by atoms with Crippen LogP contribution in [0.3, 0.4) is 0 Å². The molecule has 0 aliphatic heterocycles. The van der Waals surface area contributed by atoms with Crippen molar-refractivity contribution in [3.05, 3.63) is 5.82 Å². The fraction of sp³-hybridized carbons (Fsp3) is 0.308. The van der Waals surface area contributed by atoms with Crippen LogP contribution in [0.5, 0.6) is 0 Å². The highest BCUT2D eigenvalue weighted by molar-refractivity contribution is 5.36. The number of nitrogens with zero attached hydrogens (tertiary/aromatic N) is 3. The molecule has 1 aromatic rings. The van der Waals surface area contributed by atoms with E-state index in [1.807, 2.05) is 0 Å². The van der Waals surface area contributed by atoms with Gasteiger partial charge in [-0.1, -0.05) is 11.8 Å². The van der Waals surface area contributed by atoms with E-state index >= 15 is 0 Å². The Morgan fingerprint density at radius 1 is 0.833 bits per heavy atom. The molecule has 0 unspecified atom stereocenters. The van der Waals surface area contributed by atoms with E-state index in [1.165, 1.54) is 0 Å². The Hall–Kier alpha value is -2.71. The van der Waals surface area contributed by atoms with Crippen LogP contribution in [-0.2, 0) is 6.42 Å². The fourth-order valence-electron chi connectivity index (χ4n) is 1.13. The molecule has 0 aliphatic rings. The highest BCUT2D eigenvalue weighted by Crippen LogP contribution is 2.06. The molecule has 18 heavy (non-hydrogen) atoms. The standard InChI is InChI=1S/C13H13N5/c1-4-7-8-11-16-12(14-9-5-2)18-13(17-11)15-10-6-3/h1-3H,7-10H2,(H2,14,15,16,17,18). The zero-order valence-electron chi connectivity index (χ0n) is 9.90. The van der Waals surface area contributed by atoms with Crippen molar-refractivity contribution in [1.82, 2.24) is 15.0 Å². The molecule has 0 bridgehead atoms. The van der Waals surface area contributed by atoms with Crippen molar-refractivity contribution in [1.29, 1.82) is 0 Å². The molecular formula is C13H13N5. The van der Waals surface area contributed by atoms with Crippen molar-refractivity contribution in [3.63, 3.8) is 0 Å². The predicted octanol–water partition coefficient (Wildman–Crippen LogP) is 0.528. The molecular weight excluding hydrogens is 226 g/mol. The second-order valence-corrected chi connectivity index (χ2v) is 3.22. The van der Waals surface area contributed by atoms with Crippen LogP contribution in [0.1, 0.15) is 12.2 Å². The molecule has 2 N–H and O–H groups in total. The zero-order valence-corrected chi connectivity index (χ0v) is 9.90. The lowest BCUT2D eigenvalue weighted by Gasteiger charge is -2.07. The highest BCUT2D eigenvalue weighted by atomic mass is 15.2. The minimum absolute atomic E-state index is 0.340. The lowest BCUT2D eigenvalue weighted by atomic mass is 10.3. The van der Waals surface area contributed by atoms with E-state index in [4.69, 9.17) is 19.3 Å². The molecule has 0 radical (unpaired) electrons. The maximum absolute atomic E-state index is 5.21.